The van der Waals surface area contributed by atoms with Crippen molar-refractivity contribution < 1.29 is 14.8 Å². The molecule has 8 nitrogen and oxygen atoms in total. The molecule has 2 aromatic carbocycles. The fraction of sp³-hybridized carbons (Fsp3) is 0.304. The van der Waals surface area contributed by atoms with Crippen LogP contribution in [0.4, 0.5) is 5.69 Å². The Bertz CT molecular complexity index is 1170. The van der Waals surface area contributed by atoms with E-state index in [0.717, 1.165) is 28.6 Å². The van der Waals surface area contributed by atoms with Crippen LogP contribution in [0.5, 0.6) is 0 Å². The van der Waals surface area contributed by atoms with Crippen LogP contribution in [0, 0.1) is 5.21 Å². The van der Waals surface area contributed by atoms with Crippen LogP contribution in [0.2, 0.25) is 0 Å². The minimum absolute atomic E-state index is 0.0443. The monoisotopic (exact) mass is 419 g/mol. The maximum absolute atomic E-state index is 13.3. The van der Waals surface area contributed by atoms with Crippen LogP contribution in [0.25, 0.3) is 10.9 Å². The van der Waals surface area contributed by atoms with Crippen LogP contribution in [0.3, 0.4) is 0 Å². The molecule has 160 valence electrons. The number of nitrogens with zero attached hydrogens (tertiary/aromatic N) is 3. The van der Waals surface area contributed by atoms with E-state index in [9.17, 15) is 20.0 Å². The molecule has 2 atom stereocenters. The standard InChI is InChI=1S/C23H23N4O4/c1-2-10-25-13-20(28)26-19(23(25)29)12-17-16-8-3-4-9-18(16)24-21(17)22(26)14-6-5-7-15(11-14)27(30)31/h3-9,11,19,22,24,30H,2,10,12-13H2,1H3/q-1. The summed E-state index contributed by atoms with van der Waals surface area (Å²) in [5.41, 5.74) is 3.52. The lowest BCUT2D eigenvalue weighted by Gasteiger charge is -2.47. The van der Waals surface area contributed by atoms with Crippen molar-refractivity contribution in [2.24, 2.45) is 0 Å². The summed E-state index contributed by atoms with van der Waals surface area (Å²) in [6.07, 6.45) is 1.22. The van der Waals surface area contributed by atoms with Gasteiger partial charge in [0.05, 0.1) is 18.3 Å². The first-order valence-electron chi connectivity index (χ1n) is 10.4. The lowest BCUT2D eigenvalue weighted by atomic mass is 9.86. The number of benzene rings is 2. The van der Waals surface area contributed by atoms with Gasteiger partial charge in [-0.25, -0.2) is 0 Å². The van der Waals surface area contributed by atoms with Crippen LogP contribution >= 0.6 is 0 Å². The minimum Gasteiger partial charge on any atom is -0.733 e. The zero-order chi connectivity index (χ0) is 21.7. The molecule has 8 heteroatoms. The van der Waals surface area contributed by atoms with Crippen LogP contribution in [0.1, 0.15) is 36.2 Å². The molecule has 2 unspecified atom stereocenters. The number of aromatic nitrogens is 1. The molecule has 1 fully saturated rings. The number of amides is 2. The number of carbonyl (C=O) groups is 2. The van der Waals surface area contributed by atoms with Crippen molar-refractivity contribution in [1.82, 2.24) is 14.8 Å². The minimum atomic E-state index is -0.606. The van der Waals surface area contributed by atoms with Crippen molar-refractivity contribution in [1.29, 1.82) is 0 Å². The highest BCUT2D eigenvalue weighted by Gasteiger charge is 2.48. The molecular formula is C23H23N4O4-. The molecule has 2 aliphatic rings. The van der Waals surface area contributed by atoms with Gasteiger partial charge in [0, 0.05) is 29.6 Å². The van der Waals surface area contributed by atoms with Gasteiger partial charge in [-0.05, 0) is 35.7 Å². The molecule has 1 saturated heterocycles. The molecule has 0 spiro atoms. The van der Waals surface area contributed by atoms with E-state index in [2.05, 4.69) is 4.98 Å². The summed E-state index contributed by atoms with van der Waals surface area (Å²) in [4.78, 5) is 33.4. The summed E-state index contributed by atoms with van der Waals surface area (Å²) in [7, 11) is 0. The summed E-state index contributed by atoms with van der Waals surface area (Å²) in [5, 5.41) is 21.7. The SMILES string of the molecule is CCCN1CC(=O)N2C(Cc3c([nH]c4ccccc34)C2c2cccc(N([O-])O)c2)C1=O. The Morgan fingerprint density at radius 2 is 2.00 bits per heavy atom. The summed E-state index contributed by atoms with van der Waals surface area (Å²) < 4.78 is 0. The number of anilines is 1. The second-order valence-electron chi connectivity index (χ2n) is 8.11. The number of fused-ring (bicyclic) bond motifs is 4. The molecule has 0 aliphatic carbocycles. The zero-order valence-electron chi connectivity index (χ0n) is 17.1. The highest BCUT2D eigenvalue weighted by molar-refractivity contribution is 5.97. The van der Waals surface area contributed by atoms with Gasteiger partial charge in [0.1, 0.15) is 6.04 Å². The molecule has 5 rings (SSSR count). The van der Waals surface area contributed by atoms with E-state index >= 15 is 0 Å². The molecule has 1 aromatic heterocycles. The maximum atomic E-state index is 13.3. The maximum Gasteiger partial charge on any atom is 0.246 e. The Hall–Kier alpha value is -3.36. The third kappa shape index (κ3) is 3.07. The number of piperazine rings is 1. The summed E-state index contributed by atoms with van der Waals surface area (Å²) >= 11 is 0. The van der Waals surface area contributed by atoms with Crippen molar-refractivity contribution in [2.45, 2.75) is 31.8 Å². The number of hydrogen-bond acceptors (Lipinski definition) is 5. The molecular weight excluding hydrogens is 396 g/mol. The molecule has 3 heterocycles. The Balaban J connectivity index is 1.71. The van der Waals surface area contributed by atoms with E-state index in [4.69, 9.17) is 0 Å². The smallest absolute Gasteiger partial charge is 0.246 e. The molecule has 3 aromatic rings. The number of hydrogen-bond donors (Lipinski definition) is 2. The van der Waals surface area contributed by atoms with Crippen LogP contribution in [0.15, 0.2) is 48.5 Å². The third-order valence-electron chi connectivity index (χ3n) is 6.24. The molecule has 31 heavy (non-hydrogen) atoms. The third-order valence-corrected chi connectivity index (χ3v) is 6.24. The Kier molecular flexibility index (Phi) is 4.68. The van der Waals surface area contributed by atoms with Crippen LogP contribution in [-0.4, -0.2) is 50.9 Å². The predicted octanol–water partition coefficient (Wildman–Crippen LogP) is 2.96. The fourth-order valence-electron chi connectivity index (χ4n) is 4.94. The Morgan fingerprint density at radius 3 is 2.77 bits per heavy atom. The second-order valence-corrected chi connectivity index (χ2v) is 8.11. The van der Waals surface area contributed by atoms with Gasteiger partial charge in [-0.2, -0.15) is 0 Å². The van der Waals surface area contributed by atoms with Crippen molar-refractivity contribution in [3.8, 4) is 0 Å². The molecule has 2 aliphatic heterocycles. The van der Waals surface area contributed by atoms with Gasteiger partial charge in [0.25, 0.3) is 0 Å². The summed E-state index contributed by atoms with van der Waals surface area (Å²) in [6, 6.07) is 13.3. The molecule has 0 bridgehead atoms. The van der Waals surface area contributed by atoms with E-state index in [1.807, 2.05) is 37.3 Å². The van der Waals surface area contributed by atoms with Crippen molar-refractivity contribution in [3.63, 3.8) is 0 Å². The first-order chi connectivity index (χ1) is 15.0. The van der Waals surface area contributed by atoms with Crippen LogP contribution < -0.4 is 5.23 Å². The number of carbonyl (C=O) groups excluding carboxylic acids is 2. The average molecular weight is 419 g/mol. The highest BCUT2D eigenvalue weighted by Crippen LogP contribution is 2.43. The van der Waals surface area contributed by atoms with Crippen molar-refractivity contribution in [3.05, 3.63) is 70.6 Å². The van der Waals surface area contributed by atoms with Gasteiger partial charge in [-0.3, -0.25) is 14.8 Å². The summed E-state index contributed by atoms with van der Waals surface area (Å²) in [5.74, 6) is -0.174. The number of H-pyrrole nitrogens is 1. The van der Waals surface area contributed by atoms with E-state index in [0.29, 0.717) is 18.5 Å². The van der Waals surface area contributed by atoms with Gasteiger partial charge >= 0.3 is 0 Å². The Labute approximate surface area is 179 Å². The van der Waals surface area contributed by atoms with Crippen LogP contribution in [-0.2, 0) is 16.0 Å². The van der Waals surface area contributed by atoms with E-state index in [-0.39, 0.29) is 29.3 Å². The number of aromatic amines is 1. The van der Waals surface area contributed by atoms with Gasteiger partial charge < -0.3 is 25.2 Å². The van der Waals surface area contributed by atoms with Gasteiger partial charge in [-0.1, -0.05) is 37.3 Å². The van der Waals surface area contributed by atoms with Gasteiger partial charge in [0.2, 0.25) is 11.8 Å². The lowest BCUT2D eigenvalue weighted by molar-refractivity contribution is -0.158. The topological polar surface area (TPSA) is 103 Å². The predicted molar refractivity (Wildman–Crippen MR) is 115 cm³/mol. The Morgan fingerprint density at radius 1 is 1.19 bits per heavy atom. The largest absolute Gasteiger partial charge is 0.733 e. The molecule has 2 N–H and O–H groups in total. The van der Waals surface area contributed by atoms with Crippen molar-refractivity contribution in [2.75, 3.05) is 18.3 Å². The second kappa shape index (κ2) is 7.40. The highest BCUT2D eigenvalue weighted by atomic mass is 16.8. The van der Waals surface area contributed by atoms with Crippen molar-refractivity contribution >= 4 is 28.4 Å². The van der Waals surface area contributed by atoms with Gasteiger partial charge in [-0.15, -0.1) is 0 Å². The quantitative estimate of drug-likeness (QED) is 0.633. The number of para-hydroxylation sites is 1. The summed E-state index contributed by atoms with van der Waals surface area (Å²) in [6.45, 7) is 2.58. The van der Waals surface area contributed by atoms with E-state index in [1.54, 1.807) is 21.9 Å². The first-order valence-corrected chi connectivity index (χ1v) is 10.4. The van der Waals surface area contributed by atoms with E-state index < -0.39 is 12.1 Å². The number of nitrogens with one attached hydrogen (secondary N) is 1. The molecule has 0 radical (unpaired) electrons. The molecule has 0 saturated carbocycles. The van der Waals surface area contributed by atoms with Gasteiger partial charge in [0.15, 0.2) is 0 Å². The molecule has 2 amide bonds. The zero-order valence-corrected chi connectivity index (χ0v) is 17.1. The number of rotatable bonds is 4. The lowest BCUT2D eigenvalue weighted by Crippen LogP contribution is -2.63. The normalized spacial score (nSPS) is 20.7. The fourth-order valence-corrected chi connectivity index (χ4v) is 4.94. The first kappa shape index (κ1) is 19.6. The average Bonchev–Trinajstić information content (AvgIpc) is 3.14. The van der Waals surface area contributed by atoms with E-state index in [1.165, 1.54) is 6.07 Å².